The first kappa shape index (κ1) is 16.5. The molecule has 0 aliphatic heterocycles. The summed E-state index contributed by atoms with van der Waals surface area (Å²) in [5, 5.41) is 13.7. The maximum Gasteiger partial charge on any atom is 0.0441 e. The Morgan fingerprint density at radius 1 is 1.21 bits per heavy atom. The van der Waals surface area contributed by atoms with E-state index in [0.717, 1.165) is 19.4 Å². The van der Waals surface area contributed by atoms with E-state index in [2.05, 4.69) is 56.4 Å². The number of rotatable bonds is 9. The van der Waals surface area contributed by atoms with Crippen LogP contribution in [-0.2, 0) is 0 Å². The Morgan fingerprint density at radius 2 is 1.89 bits per heavy atom. The topological polar surface area (TPSA) is 32.3 Å². The minimum atomic E-state index is 0.280. The molecule has 0 bridgehead atoms. The van der Waals surface area contributed by atoms with Crippen molar-refractivity contribution in [1.82, 2.24) is 5.32 Å². The lowest BCUT2D eigenvalue weighted by molar-refractivity contribution is 0.288. The predicted molar refractivity (Wildman–Crippen MR) is 85.7 cm³/mol. The Morgan fingerprint density at radius 3 is 2.42 bits per heavy atom. The number of benzene rings is 1. The van der Waals surface area contributed by atoms with E-state index in [0.29, 0.717) is 16.5 Å². The largest absolute Gasteiger partial charge is 0.396 e. The van der Waals surface area contributed by atoms with Gasteiger partial charge in [-0.15, -0.1) is 0 Å². The first-order valence-corrected chi connectivity index (χ1v) is 8.21. The summed E-state index contributed by atoms with van der Waals surface area (Å²) in [6.07, 6.45) is 2.00. The maximum atomic E-state index is 9.05. The third kappa shape index (κ3) is 5.55. The highest BCUT2D eigenvalue weighted by Gasteiger charge is 2.23. The van der Waals surface area contributed by atoms with Crippen LogP contribution in [-0.4, -0.2) is 28.8 Å². The molecule has 108 valence electrons. The van der Waals surface area contributed by atoms with E-state index >= 15 is 0 Å². The Labute approximate surface area is 122 Å². The van der Waals surface area contributed by atoms with Crippen molar-refractivity contribution in [2.75, 3.05) is 13.2 Å². The fourth-order valence-corrected chi connectivity index (χ4v) is 3.74. The van der Waals surface area contributed by atoms with Crippen LogP contribution >= 0.6 is 11.8 Å². The van der Waals surface area contributed by atoms with E-state index in [4.69, 9.17) is 5.11 Å². The molecule has 3 unspecified atom stereocenters. The molecule has 3 heteroatoms. The lowest BCUT2D eigenvalue weighted by atomic mass is 10.0. The average molecular weight is 281 g/mol. The van der Waals surface area contributed by atoms with Crippen molar-refractivity contribution in [2.24, 2.45) is 0 Å². The zero-order valence-corrected chi connectivity index (χ0v) is 13.1. The summed E-state index contributed by atoms with van der Waals surface area (Å²) in [5.74, 6) is 0. The predicted octanol–water partition coefficient (Wildman–Crippen LogP) is 3.62. The number of nitrogens with one attached hydrogen (secondary N) is 1. The molecule has 0 aromatic heterocycles. The highest BCUT2D eigenvalue weighted by molar-refractivity contribution is 8.00. The fraction of sp³-hybridized carbons (Fsp3) is 0.625. The quantitative estimate of drug-likeness (QED) is 0.725. The van der Waals surface area contributed by atoms with Gasteiger partial charge in [0, 0.05) is 23.1 Å². The average Bonchev–Trinajstić information content (AvgIpc) is 2.44. The minimum Gasteiger partial charge on any atom is -0.396 e. The maximum absolute atomic E-state index is 9.05. The summed E-state index contributed by atoms with van der Waals surface area (Å²) >= 11 is 1.99. The van der Waals surface area contributed by atoms with Crippen molar-refractivity contribution in [3.63, 3.8) is 0 Å². The summed E-state index contributed by atoms with van der Waals surface area (Å²) in [7, 11) is 0. The van der Waals surface area contributed by atoms with Crippen LogP contribution in [0.3, 0.4) is 0 Å². The first-order valence-electron chi connectivity index (χ1n) is 7.27. The minimum absolute atomic E-state index is 0.280. The number of thioether (sulfide) groups is 1. The lowest BCUT2D eigenvalue weighted by Gasteiger charge is -2.29. The molecule has 1 aromatic carbocycles. The van der Waals surface area contributed by atoms with E-state index < -0.39 is 0 Å². The van der Waals surface area contributed by atoms with Gasteiger partial charge in [-0.05, 0) is 24.9 Å². The molecule has 0 amide bonds. The van der Waals surface area contributed by atoms with Gasteiger partial charge in [0.15, 0.2) is 0 Å². The van der Waals surface area contributed by atoms with Gasteiger partial charge < -0.3 is 10.4 Å². The van der Waals surface area contributed by atoms with Crippen LogP contribution in [0.1, 0.15) is 45.2 Å². The normalized spacial score (nSPS) is 16.0. The van der Waals surface area contributed by atoms with Crippen molar-refractivity contribution in [3.8, 4) is 0 Å². The van der Waals surface area contributed by atoms with Gasteiger partial charge in [0.05, 0.1) is 0 Å². The van der Waals surface area contributed by atoms with Crippen LogP contribution in [0, 0.1) is 0 Å². The van der Waals surface area contributed by atoms with E-state index in [9.17, 15) is 0 Å². The van der Waals surface area contributed by atoms with Gasteiger partial charge in [0.25, 0.3) is 0 Å². The van der Waals surface area contributed by atoms with Crippen LogP contribution in [0.2, 0.25) is 0 Å². The lowest BCUT2D eigenvalue weighted by Crippen LogP contribution is -2.31. The Kier molecular flexibility index (Phi) is 8.19. The summed E-state index contributed by atoms with van der Waals surface area (Å²) in [6.45, 7) is 7.87. The van der Waals surface area contributed by atoms with E-state index in [1.807, 2.05) is 11.8 Å². The van der Waals surface area contributed by atoms with Gasteiger partial charge >= 0.3 is 0 Å². The fourth-order valence-electron chi connectivity index (χ4n) is 2.30. The van der Waals surface area contributed by atoms with Gasteiger partial charge in [-0.25, -0.2) is 0 Å². The molecular weight excluding hydrogens is 254 g/mol. The van der Waals surface area contributed by atoms with Crippen molar-refractivity contribution in [3.05, 3.63) is 35.9 Å². The number of aliphatic hydroxyl groups is 1. The highest BCUT2D eigenvalue weighted by atomic mass is 32.2. The van der Waals surface area contributed by atoms with Crippen molar-refractivity contribution < 1.29 is 5.11 Å². The highest BCUT2D eigenvalue weighted by Crippen LogP contribution is 2.32. The molecule has 0 aliphatic carbocycles. The molecule has 1 rings (SSSR count). The second-order valence-corrected chi connectivity index (χ2v) is 6.53. The Hall–Kier alpha value is -0.510. The molecule has 1 aromatic rings. The zero-order chi connectivity index (χ0) is 14.1. The van der Waals surface area contributed by atoms with Crippen molar-refractivity contribution in [2.45, 2.75) is 50.2 Å². The second kappa shape index (κ2) is 9.40. The third-order valence-corrected chi connectivity index (χ3v) is 4.96. The monoisotopic (exact) mass is 281 g/mol. The van der Waals surface area contributed by atoms with Crippen LogP contribution in [0.5, 0.6) is 0 Å². The Balaban J connectivity index is 2.77. The molecule has 3 atom stereocenters. The first-order chi connectivity index (χ1) is 9.22. The number of aliphatic hydroxyl groups excluding tert-OH is 1. The van der Waals surface area contributed by atoms with Gasteiger partial charge in [-0.3, -0.25) is 0 Å². The number of hydrogen-bond donors (Lipinski definition) is 2. The molecular formula is C16H27NOS. The Bertz CT molecular complexity index is 331. The molecule has 2 N–H and O–H groups in total. The molecule has 0 fully saturated rings. The van der Waals surface area contributed by atoms with E-state index in [-0.39, 0.29) is 6.61 Å². The summed E-state index contributed by atoms with van der Waals surface area (Å²) < 4.78 is 0. The van der Waals surface area contributed by atoms with Gasteiger partial charge in [-0.1, -0.05) is 51.1 Å². The summed E-state index contributed by atoms with van der Waals surface area (Å²) in [4.78, 5) is 0. The number of hydrogen-bond acceptors (Lipinski definition) is 3. The third-order valence-electron chi connectivity index (χ3n) is 3.30. The van der Waals surface area contributed by atoms with Crippen LogP contribution in [0.15, 0.2) is 30.3 Å². The summed E-state index contributed by atoms with van der Waals surface area (Å²) in [6, 6.07) is 11.1. The van der Waals surface area contributed by atoms with Gasteiger partial charge in [-0.2, -0.15) is 11.8 Å². The van der Waals surface area contributed by atoms with Crippen LogP contribution in [0.4, 0.5) is 0 Å². The molecule has 0 heterocycles. The standard InChI is InChI=1S/C16H27NOS/c1-4-15(19-13(3)11-12-18)16(17-5-2)14-9-7-6-8-10-14/h6-10,13,15-18H,4-5,11-12H2,1-3H3. The molecule has 0 saturated carbocycles. The second-order valence-electron chi connectivity index (χ2n) is 4.85. The smallest absolute Gasteiger partial charge is 0.0441 e. The molecule has 0 radical (unpaired) electrons. The zero-order valence-electron chi connectivity index (χ0n) is 12.3. The van der Waals surface area contributed by atoms with Gasteiger partial charge in [0.2, 0.25) is 0 Å². The molecule has 2 nitrogen and oxygen atoms in total. The van der Waals surface area contributed by atoms with Crippen LogP contribution < -0.4 is 5.32 Å². The van der Waals surface area contributed by atoms with Crippen molar-refractivity contribution in [1.29, 1.82) is 0 Å². The molecule has 19 heavy (non-hydrogen) atoms. The van der Waals surface area contributed by atoms with Crippen LogP contribution in [0.25, 0.3) is 0 Å². The molecule has 0 aliphatic rings. The summed E-state index contributed by atoms with van der Waals surface area (Å²) in [5.41, 5.74) is 1.36. The molecule has 0 spiro atoms. The van der Waals surface area contributed by atoms with E-state index in [1.165, 1.54) is 5.56 Å². The van der Waals surface area contributed by atoms with Gasteiger partial charge in [0.1, 0.15) is 0 Å². The van der Waals surface area contributed by atoms with Crippen molar-refractivity contribution >= 4 is 11.8 Å². The molecule has 0 saturated heterocycles. The SMILES string of the molecule is CCNC(c1ccccc1)C(CC)SC(C)CCO. The van der Waals surface area contributed by atoms with E-state index in [1.54, 1.807) is 0 Å².